The molecule has 1 aromatic rings. The van der Waals surface area contributed by atoms with Crippen LogP contribution < -0.4 is 5.32 Å². The summed E-state index contributed by atoms with van der Waals surface area (Å²) in [4.78, 5) is 4.96. The van der Waals surface area contributed by atoms with Crippen molar-refractivity contribution < 1.29 is 0 Å². The summed E-state index contributed by atoms with van der Waals surface area (Å²) in [5.74, 6) is 0.754. The van der Waals surface area contributed by atoms with Crippen molar-refractivity contribution in [2.75, 3.05) is 40.3 Å². The normalized spacial score (nSPS) is 27.3. The standard InChI is InChI=1S/C17H27N3.2ClH/c1-19(2)15-8-10-20(13-15)11-9-18-17-12-16(17)14-6-4-3-5-7-14;;/h3-7,15-18H,8-13H2,1-2H3;2*1H/t15-,16?,17?;;/m0../s1. The molecule has 3 nitrogen and oxygen atoms in total. The minimum atomic E-state index is 0. The van der Waals surface area contributed by atoms with Crippen molar-refractivity contribution in [1.82, 2.24) is 15.1 Å². The summed E-state index contributed by atoms with van der Waals surface area (Å²) < 4.78 is 0. The Labute approximate surface area is 147 Å². The van der Waals surface area contributed by atoms with Crippen molar-refractivity contribution in [1.29, 1.82) is 0 Å². The van der Waals surface area contributed by atoms with E-state index in [0.29, 0.717) is 6.04 Å². The van der Waals surface area contributed by atoms with Crippen molar-refractivity contribution >= 4 is 24.8 Å². The van der Waals surface area contributed by atoms with Crippen LogP contribution in [0.15, 0.2) is 30.3 Å². The van der Waals surface area contributed by atoms with Gasteiger partial charge >= 0.3 is 0 Å². The molecule has 2 unspecified atom stereocenters. The molecule has 2 aliphatic rings. The summed E-state index contributed by atoms with van der Waals surface area (Å²) in [5, 5.41) is 3.72. The van der Waals surface area contributed by atoms with Gasteiger partial charge in [0.2, 0.25) is 0 Å². The van der Waals surface area contributed by atoms with E-state index in [2.05, 4.69) is 59.5 Å². The predicted octanol–water partition coefficient (Wildman–Crippen LogP) is 2.61. The average molecular weight is 346 g/mol. The van der Waals surface area contributed by atoms with Gasteiger partial charge in [0.05, 0.1) is 0 Å². The molecule has 0 bridgehead atoms. The topological polar surface area (TPSA) is 18.5 Å². The van der Waals surface area contributed by atoms with Gasteiger partial charge in [0.1, 0.15) is 0 Å². The van der Waals surface area contributed by atoms with Crippen LogP contribution in [-0.2, 0) is 0 Å². The smallest absolute Gasteiger partial charge is 0.0229 e. The summed E-state index contributed by atoms with van der Waals surface area (Å²) in [5.41, 5.74) is 1.50. The van der Waals surface area contributed by atoms with Crippen LogP contribution in [0.4, 0.5) is 0 Å². The maximum atomic E-state index is 3.72. The first kappa shape index (κ1) is 19.7. The number of hydrogen-bond acceptors (Lipinski definition) is 3. The summed E-state index contributed by atoms with van der Waals surface area (Å²) >= 11 is 0. The predicted molar refractivity (Wildman–Crippen MR) is 98.6 cm³/mol. The summed E-state index contributed by atoms with van der Waals surface area (Å²) in [6.07, 6.45) is 2.63. The molecule has 0 spiro atoms. The maximum Gasteiger partial charge on any atom is 0.0229 e. The van der Waals surface area contributed by atoms with E-state index in [4.69, 9.17) is 0 Å². The van der Waals surface area contributed by atoms with Crippen molar-refractivity contribution in [2.24, 2.45) is 0 Å². The number of halogens is 2. The van der Waals surface area contributed by atoms with Gasteiger partial charge in [-0.25, -0.2) is 0 Å². The summed E-state index contributed by atoms with van der Waals surface area (Å²) in [6, 6.07) is 12.4. The molecule has 1 aromatic carbocycles. The van der Waals surface area contributed by atoms with Crippen LogP contribution in [0.5, 0.6) is 0 Å². The zero-order chi connectivity index (χ0) is 13.9. The maximum absolute atomic E-state index is 3.72. The third-order valence-electron chi connectivity index (χ3n) is 4.83. The van der Waals surface area contributed by atoms with Gasteiger partial charge in [0.15, 0.2) is 0 Å². The van der Waals surface area contributed by atoms with Gasteiger partial charge in [0, 0.05) is 37.6 Å². The van der Waals surface area contributed by atoms with E-state index in [9.17, 15) is 0 Å². The second kappa shape index (κ2) is 9.09. The fourth-order valence-electron chi connectivity index (χ4n) is 3.33. The number of rotatable bonds is 6. The molecular weight excluding hydrogens is 317 g/mol. The first-order chi connectivity index (χ1) is 9.74. The molecule has 1 heterocycles. The Kier molecular flexibility index (Phi) is 8.15. The number of nitrogens with one attached hydrogen (secondary N) is 1. The van der Waals surface area contributed by atoms with E-state index < -0.39 is 0 Å². The summed E-state index contributed by atoms with van der Waals surface area (Å²) in [7, 11) is 4.39. The molecule has 0 aromatic heterocycles. The second-order valence-electron chi connectivity index (χ2n) is 6.52. The molecule has 0 radical (unpaired) electrons. The van der Waals surface area contributed by atoms with Crippen molar-refractivity contribution in [2.45, 2.75) is 30.8 Å². The molecule has 2 fully saturated rings. The van der Waals surface area contributed by atoms with Gasteiger partial charge < -0.3 is 15.1 Å². The third-order valence-corrected chi connectivity index (χ3v) is 4.83. The Bertz CT molecular complexity index is 427. The van der Waals surface area contributed by atoms with Crippen molar-refractivity contribution in [3.05, 3.63) is 35.9 Å². The number of likely N-dealkylation sites (N-methyl/N-ethyl adjacent to an activating group) is 1. The van der Waals surface area contributed by atoms with E-state index in [1.807, 2.05) is 0 Å². The van der Waals surface area contributed by atoms with E-state index in [1.165, 1.54) is 38.0 Å². The number of hydrogen-bond donors (Lipinski definition) is 1. The van der Waals surface area contributed by atoms with Crippen LogP contribution in [0, 0.1) is 0 Å². The Hall–Kier alpha value is -0.320. The zero-order valence-electron chi connectivity index (χ0n) is 13.6. The third kappa shape index (κ3) is 5.10. The Morgan fingerprint density at radius 3 is 2.55 bits per heavy atom. The largest absolute Gasteiger partial charge is 0.312 e. The number of likely N-dealkylation sites (tertiary alicyclic amines) is 1. The highest BCUT2D eigenvalue weighted by molar-refractivity contribution is 5.85. The Morgan fingerprint density at radius 1 is 1.18 bits per heavy atom. The van der Waals surface area contributed by atoms with Gasteiger partial charge in [-0.15, -0.1) is 24.8 Å². The van der Waals surface area contributed by atoms with Gasteiger partial charge in [-0.1, -0.05) is 30.3 Å². The Balaban J connectivity index is 0.00000121. The van der Waals surface area contributed by atoms with Gasteiger partial charge in [-0.2, -0.15) is 0 Å². The molecule has 5 heteroatoms. The van der Waals surface area contributed by atoms with Crippen molar-refractivity contribution in [3.63, 3.8) is 0 Å². The molecule has 1 aliphatic heterocycles. The van der Waals surface area contributed by atoms with Gasteiger partial charge in [0.25, 0.3) is 0 Å². The van der Waals surface area contributed by atoms with E-state index >= 15 is 0 Å². The monoisotopic (exact) mass is 345 g/mol. The van der Waals surface area contributed by atoms with Crippen LogP contribution in [-0.4, -0.2) is 62.2 Å². The first-order valence-corrected chi connectivity index (χ1v) is 7.91. The molecule has 1 N–H and O–H groups in total. The quantitative estimate of drug-likeness (QED) is 0.854. The lowest BCUT2D eigenvalue weighted by Gasteiger charge is -2.20. The van der Waals surface area contributed by atoms with Crippen LogP contribution in [0.3, 0.4) is 0 Å². The fraction of sp³-hybridized carbons (Fsp3) is 0.647. The fourth-order valence-corrected chi connectivity index (χ4v) is 3.33. The molecular formula is C17H29Cl2N3. The van der Waals surface area contributed by atoms with E-state index in [-0.39, 0.29) is 24.8 Å². The van der Waals surface area contributed by atoms with Gasteiger partial charge in [-0.3, -0.25) is 0 Å². The minimum Gasteiger partial charge on any atom is -0.312 e. The Morgan fingerprint density at radius 2 is 1.91 bits per heavy atom. The van der Waals surface area contributed by atoms with Gasteiger partial charge in [-0.05, 0) is 39.0 Å². The van der Waals surface area contributed by atoms with Crippen LogP contribution >= 0.6 is 24.8 Å². The summed E-state index contributed by atoms with van der Waals surface area (Å²) in [6.45, 7) is 4.83. The highest BCUT2D eigenvalue weighted by atomic mass is 35.5. The lowest BCUT2D eigenvalue weighted by atomic mass is 10.1. The zero-order valence-corrected chi connectivity index (χ0v) is 15.2. The molecule has 22 heavy (non-hydrogen) atoms. The molecule has 3 atom stereocenters. The molecule has 1 saturated carbocycles. The van der Waals surface area contributed by atoms with E-state index in [0.717, 1.165) is 18.5 Å². The highest BCUT2D eigenvalue weighted by Gasteiger charge is 2.37. The van der Waals surface area contributed by atoms with Crippen molar-refractivity contribution in [3.8, 4) is 0 Å². The number of nitrogens with zero attached hydrogens (tertiary/aromatic N) is 2. The first-order valence-electron chi connectivity index (χ1n) is 7.91. The van der Waals surface area contributed by atoms with Crippen LogP contribution in [0.2, 0.25) is 0 Å². The minimum absolute atomic E-state index is 0. The molecule has 1 aliphatic carbocycles. The van der Waals surface area contributed by atoms with E-state index in [1.54, 1.807) is 0 Å². The molecule has 126 valence electrons. The number of benzene rings is 1. The molecule has 1 saturated heterocycles. The van der Waals surface area contributed by atoms with Crippen LogP contribution in [0.25, 0.3) is 0 Å². The van der Waals surface area contributed by atoms with Crippen LogP contribution in [0.1, 0.15) is 24.3 Å². The highest BCUT2D eigenvalue weighted by Crippen LogP contribution is 2.40. The molecule has 0 amide bonds. The SMILES string of the molecule is CN(C)[C@H]1CCN(CCNC2CC2c2ccccc2)C1.Cl.Cl. The lowest BCUT2D eigenvalue weighted by molar-refractivity contribution is 0.268. The average Bonchev–Trinajstić information content (AvgIpc) is 3.07. The molecule has 3 rings (SSSR count). The second-order valence-corrected chi connectivity index (χ2v) is 6.52. The lowest BCUT2D eigenvalue weighted by Crippen LogP contribution is -2.35.